The van der Waals surface area contributed by atoms with E-state index in [0.717, 1.165) is 39.7 Å². The summed E-state index contributed by atoms with van der Waals surface area (Å²) in [6.07, 6.45) is 6.78. The number of anilines is 1. The lowest BCUT2D eigenvalue weighted by atomic mass is 9.98. The summed E-state index contributed by atoms with van der Waals surface area (Å²) in [6, 6.07) is 17.5. The van der Waals surface area contributed by atoms with E-state index in [0.29, 0.717) is 56.5 Å². The van der Waals surface area contributed by atoms with Crippen molar-refractivity contribution in [3.8, 4) is 28.5 Å². The second-order valence-electron chi connectivity index (χ2n) is 14.8. The van der Waals surface area contributed by atoms with Crippen LogP contribution < -0.4 is 10.1 Å². The fourth-order valence-electron chi connectivity index (χ4n) is 6.76. The molecule has 2 aliphatic rings. The molecule has 3 N–H and O–H groups in total. The van der Waals surface area contributed by atoms with E-state index in [1.807, 2.05) is 66.1 Å². The third-order valence-electron chi connectivity index (χ3n) is 9.46. The summed E-state index contributed by atoms with van der Waals surface area (Å²) in [6.45, 7) is 10.1. The smallest absolute Gasteiger partial charge is 0.241 e. The maximum atomic E-state index is 13.6. The summed E-state index contributed by atoms with van der Waals surface area (Å²) >= 11 is 4.84. The Morgan fingerprint density at radius 2 is 1.83 bits per heavy atom. The number of rotatable bonds is 11. The average Bonchev–Trinajstić information content (AvgIpc) is 3.87. The van der Waals surface area contributed by atoms with E-state index in [4.69, 9.17) is 17.4 Å². The quantitative estimate of drug-likeness (QED) is 0.136. The van der Waals surface area contributed by atoms with Crippen LogP contribution in [0.25, 0.3) is 39.1 Å². The third-order valence-corrected chi connectivity index (χ3v) is 10.0. The summed E-state index contributed by atoms with van der Waals surface area (Å²) in [5, 5.41) is 26.0. The third kappa shape index (κ3) is 8.45. The SMILES string of the molecule is CC(C)Oc1ccc(-c2n[nH]c3ccc(NC(=O)[C@]4(S)CCN(CC(=O)N5CC=C(c6ccc(-c7ncn(CC(C)(C)O)n7)cc6)CC5)C4)cc23)cn1. The number of H-pyrrole nitrogens is 1. The molecule has 0 saturated carbocycles. The first-order chi connectivity index (χ1) is 25.3. The molecular weight excluding hydrogens is 691 g/mol. The number of hydrogen-bond donors (Lipinski definition) is 4. The van der Waals surface area contributed by atoms with Crippen molar-refractivity contribution < 1.29 is 19.4 Å². The van der Waals surface area contributed by atoms with E-state index >= 15 is 0 Å². The molecular formula is C39H45N9O4S. The molecule has 276 valence electrons. The lowest BCUT2D eigenvalue weighted by Crippen LogP contribution is -2.44. The lowest BCUT2D eigenvalue weighted by Gasteiger charge is -2.29. The van der Waals surface area contributed by atoms with Crippen LogP contribution in [0, 0.1) is 0 Å². The van der Waals surface area contributed by atoms with Crippen molar-refractivity contribution in [2.24, 2.45) is 0 Å². The number of carbonyl (C=O) groups is 2. The number of likely N-dealkylation sites (tertiary alicyclic amines) is 1. The minimum atomic E-state index is -0.936. The minimum Gasteiger partial charge on any atom is -0.475 e. The van der Waals surface area contributed by atoms with Crippen LogP contribution in [0.1, 0.15) is 46.1 Å². The Hall–Kier alpha value is -5.05. The van der Waals surface area contributed by atoms with Crippen LogP contribution in [0.3, 0.4) is 0 Å². The molecule has 5 heterocycles. The number of pyridine rings is 1. The molecule has 7 rings (SSSR count). The molecule has 53 heavy (non-hydrogen) atoms. The highest BCUT2D eigenvalue weighted by molar-refractivity contribution is 7.82. The molecule has 2 amide bonds. The second kappa shape index (κ2) is 14.8. The molecule has 5 aromatic rings. The predicted molar refractivity (Wildman–Crippen MR) is 207 cm³/mol. The molecule has 2 aliphatic heterocycles. The molecule has 2 aromatic carbocycles. The summed E-state index contributed by atoms with van der Waals surface area (Å²) in [5.74, 6) is 0.995. The molecule has 0 spiro atoms. The first-order valence-electron chi connectivity index (χ1n) is 17.9. The molecule has 14 heteroatoms. The van der Waals surface area contributed by atoms with Gasteiger partial charge in [-0.3, -0.25) is 19.6 Å². The van der Waals surface area contributed by atoms with Crippen LogP contribution in [0.4, 0.5) is 5.69 Å². The summed E-state index contributed by atoms with van der Waals surface area (Å²) in [4.78, 5) is 39.6. The van der Waals surface area contributed by atoms with Crippen molar-refractivity contribution in [3.63, 3.8) is 0 Å². The Labute approximate surface area is 313 Å². The van der Waals surface area contributed by atoms with Crippen LogP contribution in [-0.2, 0) is 16.1 Å². The van der Waals surface area contributed by atoms with Crippen molar-refractivity contribution in [3.05, 3.63) is 78.8 Å². The number of amides is 2. The largest absolute Gasteiger partial charge is 0.475 e. The average molecular weight is 736 g/mol. The van der Waals surface area contributed by atoms with Crippen molar-refractivity contribution >= 4 is 46.6 Å². The van der Waals surface area contributed by atoms with Crippen molar-refractivity contribution in [2.75, 3.05) is 38.0 Å². The zero-order valence-electron chi connectivity index (χ0n) is 30.4. The van der Waals surface area contributed by atoms with Gasteiger partial charge in [-0.05, 0) is 75.9 Å². The maximum Gasteiger partial charge on any atom is 0.241 e. The van der Waals surface area contributed by atoms with Gasteiger partial charge in [0, 0.05) is 60.6 Å². The number of ether oxygens (including phenoxy) is 1. The molecule has 13 nitrogen and oxygen atoms in total. The zero-order valence-corrected chi connectivity index (χ0v) is 31.3. The number of nitrogens with one attached hydrogen (secondary N) is 2. The van der Waals surface area contributed by atoms with Crippen LogP contribution in [-0.4, -0.2) is 106 Å². The minimum absolute atomic E-state index is 0.0282. The van der Waals surface area contributed by atoms with Crippen LogP contribution in [0.15, 0.2) is 73.2 Å². The Balaban J connectivity index is 0.919. The van der Waals surface area contributed by atoms with E-state index in [1.54, 1.807) is 31.1 Å². The molecule has 0 unspecified atom stereocenters. The molecule has 1 saturated heterocycles. The van der Waals surface area contributed by atoms with Crippen LogP contribution in [0.5, 0.6) is 5.88 Å². The molecule has 3 aromatic heterocycles. The van der Waals surface area contributed by atoms with Gasteiger partial charge in [0.25, 0.3) is 0 Å². The first kappa shape index (κ1) is 36.3. The van der Waals surface area contributed by atoms with Crippen molar-refractivity contribution in [1.82, 2.24) is 39.7 Å². The number of nitrogens with zero attached hydrogens (tertiary/aromatic N) is 7. The summed E-state index contributed by atoms with van der Waals surface area (Å²) in [5.41, 5.74) is 5.36. The van der Waals surface area contributed by atoms with Gasteiger partial charge in [0.2, 0.25) is 17.7 Å². The monoisotopic (exact) mass is 735 g/mol. The lowest BCUT2D eigenvalue weighted by molar-refractivity contribution is -0.132. The highest BCUT2D eigenvalue weighted by Crippen LogP contribution is 2.33. The van der Waals surface area contributed by atoms with E-state index < -0.39 is 10.3 Å². The Bertz CT molecular complexity index is 2140. The van der Waals surface area contributed by atoms with Gasteiger partial charge in [-0.1, -0.05) is 30.3 Å². The second-order valence-corrected chi connectivity index (χ2v) is 15.7. The van der Waals surface area contributed by atoms with Crippen molar-refractivity contribution in [2.45, 2.75) is 63.5 Å². The van der Waals surface area contributed by atoms with Gasteiger partial charge in [0.1, 0.15) is 16.8 Å². The van der Waals surface area contributed by atoms with Gasteiger partial charge in [0.05, 0.1) is 30.3 Å². The first-order valence-corrected chi connectivity index (χ1v) is 18.3. The standard InChI is InChI=1S/C39H45N9O4S/c1-25(2)52-33-12-9-29(20-40-33)35-31-19-30(10-11-32(31)43-44-35)42-37(50)39(53)15-18-46(23-39)21-34(49)47-16-13-27(14-17-47)26-5-7-28(8-6-26)36-41-24-48(45-36)22-38(3,4)51/h5-13,19-20,24-25,51,53H,14-18,21-23H2,1-4H3,(H,42,50)(H,43,44)/t39-/m0/s1. The normalized spacial score (nSPS) is 18.1. The molecule has 0 bridgehead atoms. The number of hydrogen-bond acceptors (Lipinski definition) is 10. The Morgan fingerprint density at radius 3 is 2.53 bits per heavy atom. The summed E-state index contributed by atoms with van der Waals surface area (Å²) in [7, 11) is 0. The number of aliphatic hydroxyl groups is 1. The van der Waals surface area contributed by atoms with Gasteiger partial charge < -0.3 is 20.1 Å². The molecule has 0 radical (unpaired) electrons. The molecule has 1 atom stereocenters. The number of fused-ring (bicyclic) bond motifs is 1. The summed E-state index contributed by atoms with van der Waals surface area (Å²) < 4.78 is 6.38. The zero-order chi connectivity index (χ0) is 37.3. The topological polar surface area (TPSA) is 154 Å². The van der Waals surface area contributed by atoms with Crippen LogP contribution >= 0.6 is 12.6 Å². The number of aromatic nitrogens is 6. The fourth-order valence-corrected chi connectivity index (χ4v) is 7.12. The fraction of sp³-hybridized carbons (Fsp3) is 0.385. The highest BCUT2D eigenvalue weighted by atomic mass is 32.1. The Morgan fingerprint density at radius 1 is 1.06 bits per heavy atom. The van der Waals surface area contributed by atoms with Gasteiger partial charge in [-0.15, -0.1) is 0 Å². The number of carbonyl (C=O) groups excluding carboxylic acids is 2. The number of thiol groups is 1. The predicted octanol–water partition coefficient (Wildman–Crippen LogP) is 5.07. The number of aromatic amines is 1. The van der Waals surface area contributed by atoms with E-state index in [2.05, 4.69) is 48.8 Å². The van der Waals surface area contributed by atoms with Gasteiger partial charge in [0.15, 0.2) is 5.82 Å². The highest BCUT2D eigenvalue weighted by Gasteiger charge is 2.42. The van der Waals surface area contributed by atoms with E-state index in [9.17, 15) is 14.7 Å². The van der Waals surface area contributed by atoms with Crippen molar-refractivity contribution in [1.29, 1.82) is 0 Å². The van der Waals surface area contributed by atoms with Gasteiger partial charge in [-0.25, -0.2) is 14.6 Å². The van der Waals surface area contributed by atoms with Crippen LogP contribution in [0.2, 0.25) is 0 Å². The van der Waals surface area contributed by atoms with Gasteiger partial charge in [-0.2, -0.15) is 22.8 Å². The number of benzene rings is 2. The maximum absolute atomic E-state index is 13.6. The van der Waals surface area contributed by atoms with E-state index in [1.165, 1.54) is 5.57 Å². The molecule has 0 aliphatic carbocycles. The van der Waals surface area contributed by atoms with Gasteiger partial charge >= 0.3 is 0 Å². The van der Waals surface area contributed by atoms with E-state index in [-0.39, 0.29) is 24.5 Å². The molecule has 1 fully saturated rings. The Kier molecular flexibility index (Phi) is 10.1.